The van der Waals surface area contributed by atoms with Gasteiger partial charge < -0.3 is 0 Å². The molecular weight excluding hydrogens is 384 g/mol. The second-order valence-corrected chi connectivity index (χ2v) is 8.70. The third-order valence-corrected chi connectivity index (χ3v) is 7.24. The SMILES string of the molecule is c1ccc(N2c3ncccc3-c3cc4c5ccccc5sc4c4cccc2c34)cc1. The standard InChI is InChI=1S/C27H16N2S/c1-2-8-17(9-3-1)29-23-13-6-11-20-25(23)21(19-12-7-15-28-27(19)29)16-22-18-10-4-5-14-24(18)30-26(20)22/h1-16H. The van der Waals surface area contributed by atoms with Crippen LogP contribution in [0.4, 0.5) is 17.2 Å². The molecule has 30 heavy (non-hydrogen) atoms. The molecule has 0 atom stereocenters. The molecule has 0 radical (unpaired) electrons. The van der Waals surface area contributed by atoms with Gasteiger partial charge >= 0.3 is 0 Å². The average Bonchev–Trinajstić information content (AvgIpc) is 3.19. The molecule has 6 aromatic rings. The van der Waals surface area contributed by atoms with Crippen LogP contribution in [0.25, 0.3) is 42.1 Å². The van der Waals surface area contributed by atoms with E-state index in [2.05, 4.69) is 89.8 Å². The second kappa shape index (κ2) is 5.91. The highest BCUT2D eigenvalue weighted by atomic mass is 32.1. The Morgan fingerprint density at radius 3 is 2.43 bits per heavy atom. The molecule has 0 spiro atoms. The minimum atomic E-state index is 0.989. The van der Waals surface area contributed by atoms with Crippen LogP contribution in [-0.4, -0.2) is 4.98 Å². The molecule has 0 aliphatic carbocycles. The van der Waals surface area contributed by atoms with Crippen molar-refractivity contribution < 1.29 is 0 Å². The Morgan fingerprint density at radius 2 is 1.50 bits per heavy atom. The van der Waals surface area contributed by atoms with Gasteiger partial charge in [-0.05, 0) is 48.0 Å². The lowest BCUT2D eigenvalue weighted by Gasteiger charge is -2.32. The number of benzene rings is 4. The monoisotopic (exact) mass is 400 g/mol. The van der Waals surface area contributed by atoms with E-state index in [1.54, 1.807) is 0 Å². The lowest BCUT2D eigenvalue weighted by atomic mass is 9.91. The summed E-state index contributed by atoms with van der Waals surface area (Å²) in [6.45, 7) is 0. The van der Waals surface area contributed by atoms with Crippen molar-refractivity contribution in [3.8, 4) is 11.1 Å². The van der Waals surface area contributed by atoms with E-state index in [1.165, 1.54) is 47.8 Å². The summed E-state index contributed by atoms with van der Waals surface area (Å²) in [5.41, 5.74) is 4.78. The summed E-state index contributed by atoms with van der Waals surface area (Å²) in [7, 11) is 0. The third kappa shape index (κ3) is 2.05. The largest absolute Gasteiger partial charge is 0.294 e. The second-order valence-electron chi connectivity index (χ2n) is 7.64. The lowest BCUT2D eigenvalue weighted by molar-refractivity contribution is 1.18. The zero-order valence-corrected chi connectivity index (χ0v) is 16.9. The van der Waals surface area contributed by atoms with Crippen LogP contribution >= 0.6 is 11.3 Å². The zero-order valence-electron chi connectivity index (χ0n) is 16.0. The number of para-hydroxylation sites is 1. The number of hydrogen-bond donors (Lipinski definition) is 0. The molecule has 3 heteroatoms. The van der Waals surface area contributed by atoms with Crippen LogP contribution in [0.5, 0.6) is 0 Å². The molecule has 0 saturated carbocycles. The molecule has 0 unspecified atom stereocenters. The number of nitrogens with zero attached hydrogens (tertiary/aromatic N) is 2. The summed E-state index contributed by atoms with van der Waals surface area (Å²) < 4.78 is 2.69. The van der Waals surface area contributed by atoms with E-state index in [0.29, 0.717) is 0 Å². The molecule has 0 bridgehead atoms. The van der Waals surface area contributed by atoms with Gasteiger partial charge in [-0.15, -0.1) is 11.3 Å². The summed E-state index contributed by atoms with van der Waals surface area (Å²) in [4.78, 5) is 7.12. The van der Waals surface area contributed by atoms with Crippen molar-refractivity contribution in [2.24, 2.45) is 0 Å². The number of fused-ring (bicyclic) bond motifs is 6. The van der Waals surface area contributed by atoms with Crippen molar-refractivity contribution >= 4 is 59.5 Å². The van der Waals surface area contributed by atoms with Gasteiger partial charge in [0.1, 0.15) is 5.82 Å². The van der Waals surface area contributed by atoms with Crippen molar-refractivity contribution in [3.05, 3.63) is 97.2 Å². The Morgan fingerprint density at radius 1 is 0.667 bits per heavy atom. The van der Waals surface area contributed by atoms with Crippen molar-refractivity contribution in [2.45, 2.75) is 0 Å². The van der Waals surface area contributed by atoms with E-state index in [1.807, 2.05) is 23.6 Å². The molecule has 2 nitrogen and oxygen atoms in total. The maximum absolute atomic E-state index is 4.82. The van der Waals surface area contributed by atoms with E-state index in [0.717, 1.165) is 11.5 Å². The zero-order chi connectivity index (χ0) is 19.7. The van der Waals surface area contributed by atoms with Crippen LogP contribution in [-0.2, 0) is 0 Å². The van der Waals surface area contributed by atoms with Crippen molar-refractivity contribution in [1.29, 1.82) is 0 Å². The Balaban J connectivity index is 1.70. The van der Waals surface area contributed by atoms with Crippen molar-refractivity contribution in [3.63, 3.8) is 0 Å². The van der Waals surface area contributed by atoms with Crippen LogP contribution in [0.15, 0.2) is 97.2 Å². The molecule has 0 amide bonds. The molecular formula is C27H16N2S. The molecule has 0 fully saturated rings. The summed E-state index contributed by atoms with van der Waals surface area (Å²) in [5.74, 6) is 0.989. The van der Waals surface area contributed by atoms with Crippen LogP contribution < -0.4 is 4.90 Å². The quantitative estimate of drug-likeness (QED) is 0.277. The van der Waals surface area contributed by atoms with Gasteiger partial charge in [0.2, 0.25) is 0 Å². The number of pyridine rings is 1. The van der Waals surface area contributed by atoms with Gasteiger partial charge in [0.25, 0.3) is 0 Å². The molecule has 4 aromatic carbocycles. The van der Waals surface area contributed by atoms with Gasteiger partial charge in [-0.3, -0.25) is 4.90 Å². The van der Waals surface area contributed by atoms with Crippen LogP contribution in [0, 0.1) is 0 Å². The first-order chi connectivity index (χ1) is 14.9. The Labute approximate surface area is 177 Å². The Hall–Kier alpha value is -3.69. The summed E-state index contributed by atoms with van der Waals surface area (Å²) in [6, 6.07) is 32.5. The average molecular weight is 401 g/mol. The first-order valence-electron chi connectivity index (χ1n) is 10.1. The maximum atomic E-state index is 4.82. The molecule has 7 rings (SSSR count). The summed E-state index contributed by atoms with van der Waals surface area (Å²) in [5, 5.41) is 5.28. The number of anilines is 3. The molecule has 0 saturated heterocycles. The predicted molar refractivity (Wildman–Crippen MR) is 128 cm³/mol. The first-order valence-corrected chi connectivity index (χ1v) is 10.9. The van der Waals surface area contributed by atoms with Gasteiger partial charge in [0.05, 0.1) is 5.69 Å². The Kier molecular flexibility index (Phi) is 3.18. The number of rotatable bonds is 1. The smallest absolute Gasteiger partial charge is 0.145 e. The third-order valence-electron chi connectivity index (χ3n) is 6.02. The van der Waals surface area contributed by atoms with Gasteiger partial charge in [-0.1, -0.05) is 48.5 Å². The fraction of sp³-hybridized carbons (Fsp3) is 0. The summed E-state index contributed by atoms with van der Waals surface area (Å²) in [6.07, 6.45) is 1.89. The number of aromatic nitrogens is 1. The predicted octanol–water partition coefficient (Wildman–Crippen LogP) is 8.05. The molecule has 2 aromatic heterocycles. The van der Waals surface area contributed by atoms with Crippen LogP contribution in [0.1, 0.15) is 0 Å². The maximum Gasteiger partial charge on any atom is 0.145 e. The van der Waals surface area contributed by atoms with E-state index in [-0.39, 0.29) is 0 Å². The van der Waals surface area contributed by atoms with Gasteiger partial charge in [0.15, 0.2) is 0 Å². The van der Waals surface area contributed by atoms with Gasteiger partial charge in [-0.25, -0.2) is 4.98 Å². The number of thiophene rings is 1. The van der Waals surface area contributed by atoms with Gasteiger partial charge in [-0.2, -0.15) is 0 Å². The topological polar surface area (TPSA) is 16.1 Å². The van der Waals surface area contributed by atoms with E-state index >= 15 is 0 Å². The lowest BCUT2D eigenvalue weighted by Crippen LogP contribution is -2.16. The van der Waals surface area contributed by atoms with E-state index in [4.69, 9.17) is 4.98 Å². The highest BCUT2D eigenvalue weighted by Crippen LogP contribution is 2.53. The minimum absolute atomic E-state index is 0.989. The number of hydrogen-bond acceptors (Lipinski definition) is 3. The van der Waals surface area contributed by atoms with E-state index < -0.39 is 0 Å². The molecule has 0 N–H and O–H groups in total. The van der Waals surface area contributed by atoms with E-state index in [9.17, 15) is 0 Å². The highest BCUT2D eigenvalue weighted by molar-refractivity contribution is 7.26. The summed E-state index contributed by atoms with van der Waals surface area (Å²) >= 11 is 1.89. The Bertz CT molecular complexity index is 1600. The molecule has 3 heterocycles. The fourth-order valence-electron chi connectivity index (χ4n) is 4.77. The highest BCUT2D eigenvalue weighted by Gasteiger charge is 2.28. The molecule has 1 aliphatic heterocycles. The van der Waals surface area contributed by atoms with Crippen molar-refractivity contribution in [2.75, 3.05) is 4.90 Å². The first kappa shape index (κ1) is 16.1. The van der Waals surface area contributed by atoms with Crippen LogP contribution in [0.3, 0.4) is 0 Å². The fourth-order valence-corrected chi connectivity index (χ4v) is 5.99. The van der Waals surface area contributed by atoms with Gasteiger partial charge in [0, 0.05) is 48.4 Å². The normalized spacial score (nSPS) is 12.6. The minimum Gasteiger partial charge on any atom is -0.294 e. The molecule has 140 valence electrons. The molecule has 1 aliphatic rings. The van der Waals surface area contributed by atoms with Crippen LogP contribution in [0.2, 0.25) is 0 Å². The van der Waals surface area contributed by atoms with Crippen molar-refractivity contribution in [1.82, 2.24) is 4.98 Å².